The van der Waals surface area contributed by atoms with Gasteiger partial charge in [-0.05, 0) is 26.2 Å². The van der Waals surface area contributed by atoms with Crippen LogP contribution < -0.4 is 5.32 Å². The lowest BCUT2D eigenvalue weighted by Gasteiger charge is -2.28. The number of carbonyl (C=O) groups excluding carboxylic acids is 2. The molecule has 108 valence electrons. The standard InChI is InChI=1S/C14H23NO4/c1-4-5-10-19-11(2)12(16)15-14(13(17)18-3)8-6-7-9-14/h4,11H,1,5-10H2,2-3H3,(H,15,16). The van der Waals surface area contributed by atoms with Crippen LogP contribution in [0.3, 0.4) is 0 Å². The maximum Gasteiger partial charge on any atom is 0.331 e. The van der Waals surface area contributed by atoms with Crippen molar-refractivity contribution < 1.29 is 19.1 Å². The molecule has 0 bridgehead atoms. The summed E-state index contributed by atoms with van der Waals surface area (Å²) in [7, 11) is 1.35. The van der Waals surface area contributed by atoms with E-state index in [1.54, 1.807) is 13.0 Å². The van der Waals surface area contributed by atoms with E-state index in [1.807, 2.05) is 0 Å². The number of esters is 1. The summed E-state index contributed by atoms with van der Waals surface area (Å²) in [5, 5.41) is 2.81. The Morgan fingerprint density at radius 1 is 1.42 bits per heavy atom. The lowest BCUT2D eigenvalue weighted by Crippen LogP contribution is -2.55. The summed E-state index contributed by atoms with van der Waals surface area (Å²) < 4.78 is 10.2. The molecule has 1 aliphatic carbocycles. The second kappa shape index (κ2) is 7.28. The van der Waals surface area contributed by atoms with Gasteiger partial charge in [-0.1, -0.05) is 18.9 Å². The van der Waals surface area contributed by atoms with Crippen LogP contribution in [0.15, 0.2) is 12.7 Å². The van der Waals surface area contributed by atoms with E-state index in [9.17, 15) is 9.59 Å². The third-order valence-corrected chi connectivity index (χ3v) is 3.45. The van der Waals surface area contributed by atoms with Gasteiger partial charge >= 0.3 is 5.97 Å². The number of carbonyl (C=O) groups is 2. The van der Waals surface area contributed by atoms with Crippen LogP contribution in [0.1, 0.15) is 39.0 Å². The summed E-state index contributed by atoms with van der Waals surface area (Å²) in [5.74, 6) is -0.631. The minimum absolute atomic E-state index is 0.267. The summed E-state index contributed by atoms with van der Waals surface area (Å²) in [4.78, 5) is 23.9. The minimum atomic E-state index is -0.859. The average Bonchev–Trinajstić information content (AvgIpc) is 2.87. The molecule has 1 rings (SSSR count). The van der Waals surface area contributed by atoms with Crippen LogP contribution in [-0.4, -0.2) is 37.2 Å². The van der Waals surface area contributed by atoms with Crippen molar-refractivity contribution in [3.05, 3.63) is 12.7 Å². The largest absolute Gasteiger partial charge is 0.467 e. The van der Waals surface area contributed by atoms with Crippen LogP contribution in [0, 0.1) is 0 Å². The van der Waals surface area contributed by atoms with Gasteiger partial charge in [0.15, 0.2) is 0 Å². The molecule has 1 saturated carbocycles. The van der Waals surface area contributed by atoms with Crippen molar-refractivity contribution >= 4 is 11.9 Å². The van der Waals surface area contributed by atoms with Gasteiger partial charge in [0, 0.05) is 0 Å². The number of hydrogen-bond donors (Lipinski definition) is 1. The first kappa shape index (κ1) is 15.7. The first-order chi connectivity index (χ1) is 9.05. The zero-order valence-corrected chi connectivity index (χ0v) is 11.7. The molecule has 1 amide bonds. The molecule has 0 radical (unpaired) electrons. The Morgan fingerprint density at radius 3 is 2.58 bits per heavy atom. The van der Waals surface area contributed by atoms with E-state index in [4.69, 9.17) is 9.47 Å². The molecule has 0 saturated heterocycles. The lowest BCUT2D eigenvalue weighted by molar-refractivity contribution is -0.152. The Kier molecular flexibility index (Phi) is 6.02. The van der Waals surface area contributed by atoms with Gasteiger partial charge in [-0.2, -0.15) is 0 Å². The lowest BCUT2D eigenvalue weighted by atomic mass is 9.97. The molecule has 5 heteroatoms. The van der Waals surface area contributed by atoms with E-state index in [1.165, 1.54) is 7.11 Å². The molecule has 0 aromatic rings. The molecular weight excluding hydrogens is 246 g/mol. The first-order valence-corrected chi connectivity index (χ1v) is 6.68. The van der Waals surface area contributed by atoms with Crippen LogP contribution in [-0.2, 0) is 19.1 Å². The third-order valence-electron chi connectivity index (χ3n) is 3.45. The van der Waals surface area contributed by atoms with E-state index in [0.29, 0.717) is 25.9 Å². The van der Waals surface area contributed by atoms with Gasteiger partial charge in [0.05, 0.1) is 13.7 Å². The van der Waals surface area contributed by atoms with Gasteiger partial charge in [0.1, 0.15) is 11.6 Å². The fraction of sp³-hybridized carbons (Fsp3) is 0.714. The van der Waals surface area contributed by atoms with E-state index in [0.717, 1.165) is 12.8 Å². The monoisotopic (exact) mass is 269 g/mol. The fourth-order valence-corrected chi connectivity index (χ4v) is 2.30. The van der Waals surface area contributed by atoms with Gasteiger partial charge in [-0.3, -0.25) is 4.79 Å². The van der Waals surface area contributed by atoms with Crippen molar-refractivity contribution in [2.75, 3.05) is 13.7 Å². The highest BCUT2D eigenvalue weighted by Crippen LogP contribution is 2.30. The highest BCUT2D eigenvalue weighted by molar-refractivity contribution is 5.90. The smallest absolute Gasteiger partial charge is 0.331 e. The predicted molar refractivity (Wildman–Crippen MR) is 71.6 cm³/mol. The number of hydrogen-bond acceptors (Lipinski definition) is 4. The number of rotatable bonds is 7. The quantitative estimate of drug-likeness (QED) is 0.433. The molecule has 19 heavy (non-hydrogen) atoms. The van der Waals surface area contributed by atoms with Gasteiger partial charge in [-0.15, -0.1) is 6.58 Å². The average molecular weight is 269 g/mol. The Morgan fingerprint density at radius 2 is 2.05 bits per heavy atom. The second-order valence-electron chi connectivity index (χ2n) is 4.86. The summed E-state index contributed by atoms with van der Waals surface area (Å²) in [6.07, 6.45) is 4.94. The van der Waals surface area contributed by atoms with Crippen molar-refractivity contribution in [3.8, 4) is 0 Å². The minimum Gasteiger partial charge on any atom is -0.467 e. The van der Waals surface area contributed by atoms with Crippen LogP contribution >= 0.6 is 0 Å². The molecule has 0 aromatic heterocycles. The normalized spacial score (nSPS) is 18.6. The van der Waals surface area contributed by atoms with Gasteiger partial charge in [0.25, 0.3) is 0 Å². The zero-order valence-electron chi connectivity index (χ0n) is 11.7. The van der Waals surface area contributed by atoms with Crippen molar-refractivity contribution in [2.45, 2.75) is 50.7 Å². The number of ether oxygens (including phenoxy) is 2. The van der Waals surface area contributed by atoms with Crippen LogP contribution in [0.25, 0.3) is 0 Å². The van der Waals surface area contributed by atoms with Gasteiger partial charge in [0.2, 0.25) is 5.91 Å². The van der Waals surface area contributed by atoms with Gasteiger partial charge < -0.3 is 14.8 Å². The van der Waals surface area contributed by atoms with Crippen molar-refractivity contribution in [2.24, 2.45) is 0 Å². The number of methoxy groups -OCH3 is 1. The summed E-state index contributed by atoms with van der Waals surface area (Å²) in [6.45, 7) is 5.72. The summed E-state index contributed by atoms with van der Waals surface area (Å²) >= 11 is 0. The molecule has 1 fully saturated rings. The second-order valence-corrected chi connectivity index (χ2v) is 4.86. The molecule has 0 aliphatic heterocycles. The maximum atomic E-state index is 12.0. The molecule has 0 heterocycles. The molecular formula is C14H23NO4. The Labute approximate surface area is 114 Å². The molecule has 0 aromatic carbocycles. The Bertz CT molecular complexity index is 334. The molecule has 1 N–H and O–H groups in total. The summed E-state index contributed by atoms with van der Waals surface area (Å²) in [6, 6.07) is 0. The highest BCUT2D eigenvalue weighted by atomic mass is 16.5. The number of nitrogens with one attached hydrogen (secondary N) is 1. The zero-order chi connectivity index (χ0) is 14.3. The SMILES string of the molecule is C=CCCOC(C)C(=O)NC1(C(=O)OC)CCCC1. The molecule has 0 spiro atoms. The van der Waals surface area contributed by atoms with Gasteiger partial charge in [-0.25, -0.2) is 4.79 Å². The van der Waals surface area contributed by atoms with Crippen molar-refractivity contribution in [1.29, 1.82) is 0 Å². The van der Waals surface area contributed by atoms with Crippen LogP contribution in [0.4, 0.5) is 0 Å². The number of amides is 1. The maximum absolute atomic E-state index is 12.0. The Hall–Kier alpha value is -1.36. The molecule has 1 unspecified atom stereocenters. The first-order valence-electron chi connectivity index (χ1n) is 6.68. The highest BCUT2D eigenvalue weighted by Gasteiger charge is 2.44. The van der Waals surface area contributed by atoms with Crippen LogP contribution in [0.2, 0.25) is 0 Å². The third kappa shape index (κ3) is 4.06. The summed E-state index contributed by atoms with van der Waals surface area (Å²) in [5.41, 5.74) is -0.859. The van der Waals surface area contributed by atoms with Crippen molar-refractivity contribution in [1.82, 2.24) is 5.32 Å². The predicted octanol–water partition coefficient (Wildman–Crippen LogP) is 1.57. The van der Waals surface area contributed by atoms with E-state index in [2.05, 4.69) is 11.9 Å². The Balaban J connectivity index is 2.56. The molecule has 1 atom stereocenters. The van der Waals surface area contributed by atoms with E-state index in [-0.39, 0.29) is 11.9 Å². The molecule has 1 aliphatic rings. The van der Waals surface area contributed by atoms with Crippen molar-refractivity contribution in [3.63, 3.8) is 0 Å². The topological polar surface area (TPSA) is 64.6 Å². The van der Waals surface area contributed by atoms with E-state index >= 15 is 0 Å². The molecule has 5 nitrogen and oxygen atoms in total. The van der Waals surface area contributed by atoms with Crippen LogP contribution in [0.5, 0.6) is 0 Å². The van der Waals surface area contributed by atoms with E-state index < -0.39 is 11.6 Å². The fourth-order valence-electron chi connectivity index (χ4n) is 2.30.